The lowest BCUT2D eigenvalue weighted by Gasteiger charge is -2.08. The summed E-state index contributed by atoms with van der Waals surface area (Å²) < 4.78 is 13.4. The minimum atomic E-state index is -0.288. The van der Waals surface area contributed by atoms with Crippen LogP contribution in [0.2, 0.25) is 5.02 Å². The van der Waals surface area contributed by atoms with Crippen LogP contribution in [-0.4, -0.2) is 6.04 Å². The maximum Gasteiger partial charge on any atom is 0.144 e. The average Bonchev–Trinajstić information content (AvgIpc) is 2.19. The van der Waals surface area contributed by atoms with Crippen molar-refractivity contribution in [1.82, 2.24) is 0 Å². The van der Waals surface area contributed by atoms with E-state index in [4.69, 9.17) is 17.3 Å². The van der Waals surface area contributed by atoms with Crippen molar-refractivity contribution < 1.29 is 4.39 Å². The molecule has 0 aromatic heterocycles. The Hall–Kier alpha value is -0.600. The van der Waals surface area contributed by atoms with Crippen molar-refractivity contribution in [3.05, 3.63) is 34.1 Å². The molecule has 84 valence electrons. The molecule has 0 radical (unpaired) electrons. The highest BCUT2D eigenvalue weighted by Gasteiger charge is 2.08. The molecule has 0 saturated carbocycles. The third-order valence-electron chi connectivity index (χ3n) is 2.43. The second kappa shape index (κ2) is 5.47. The Morgan fingerprint density at radius 1 is 1.47 bits per heavy atom. The molecule has 3 heteroatoms. The summed E-state index contributed by atoms with van der Waals surface area (Å²) in [4.78, 5) is 0. The van der Waals surface area contributed by atoms with Crippen molar-refractivity contribution in [2.24, 2.45) is 5.73 Å². The molecule has 0 saturated heterocycles. The standard InChI is InChI=1S/C12H17ClFN/c1-3-10-6-9(5-4-8(2)15)7-11(13)12(10)14/h6-8H,3-5,15H2,1-2H3/t8-/m1/s1. The van der Waals surface area contributed by atoms with Gasteiger partial charge in [-0.05, 0) is 43.4 Å². The fraction of sp³-hybridized carbons (Fsp3) is 0.500. The van der Waals surface area contributed by atoms with Gasteiger partial charge in [-0.15, -0.1) is 0 Å². The minimum Gasteiger partial charge on any atom is -0.328 e. The zero-order valence-electron chi connectivity index (χ0n) is 9.19. The molecule has 15 heavy (non-hydrogen) atoms. The Kier molecular flexibility index (Phi) is 4.55. The molecule has 0 fully saturated rings. The fourth-order valence-corrected chi connectivity index (χ4v) is 1.77. The van der Waals surface area contributed by atoms with Gasteiger partial charge >= 0.3 is 0 Å². The Labute approximate surface area is 95.4 Å². The lowest BCUT2D eigenvalue weighted by atomic mass is 10.0. The number of aryl methyl sites for hydroxylation is 2. The molecule has 0 aliphatic carbocycles. The predicted molar refractivity (Wildman–Crippen MR) is 62.8 cm³/mol. The first kappa shape index (κ1) is 12.5. The molecule has 1 aromatic carbocycles. The highest BCUT2D eigenvalue weighted by molar-refractivity contribution is 6.30. The van der Waals surface area contributed by atoms with Crippen molar-refractivity contribution in [1.29, 1.82) is 0 Å². The summed E-state index contributed by atoms with van der Waals surface area (Å²) in [5.74, 6) is -0.288. The van der Waals surface area contributed by atoms with E-state index >= 15 is 0 Å². The van der Waals surface area contributed by atoms with Crippen LogP contribution in [-0.2, 0) is 12.8 Å². The van der Waals surface area contributed by atoms with E-state index < -0.39 is 0 Å². The van der Waals surface area contributed by atoms with E-state index in [2.05, 4.69) is 0 Å². The van der Waals surface area contributed by atoms with E-state index in [-0.39, 0.29) is 16.9 Å². The summed E-state index contributed by atoms with van der Waals surface area (Å²) in [5, 5.41) is 0.217. The predicted octanol–water partition coefficient (Wildman–Crippen LogP) is 3.32. The summed E-state index contributed by atoms with van der Waals surface area (Å²) in [6.07, 6.45) is 2.41. The lowest BCUT2D eigenvalue weighted by Crippen LogP contribution is -2.15. The first-order valence-electron chi connectivity index (χ1n) is 5.27. The zero-order chi connectivity index (χ0) is 11.4. The Balaban J connectivity index is 2.86. The monoisotopic (exact) mass is 229 g/mol. The SMILES string of the molecule is CCc1cc(CC[C@@H](C)N)cc(Cl)c1F. The zero-order valence-corrected chi connectivity index (χ0v) is 9.94. The van der Waals surface area contributed by atoms with Gasteiger partial charge in [-0.25, -0.2) is 4.39 Å². The maximum atomic E-state index is 13.4. The molecule has 1 atom stereocenters. The molecule has 1 nitrogen and oxygen atoms in total. The van der Waals surface area contributed by atoms with Gasteiger partial charge in [0.05, 0.1) is 5.02 Å². The fourth-order valence-electron chi connectivity index (χ4n) is 1.50. The molecular formula is C12H17ClFN. The maximum absolute atomic E-state index is 13.4. The normalized spacial score (nSPS) is 12.9. The Morgan fingerprint density at radius 2 is 2.13 bits per heavy atom. The third kappa shape index (κ3) is 3.47. The number of nitrogens with two attached hydrogens (primary N) is 1. The Morgan fingerprint density at radius 3 is 2.67 bits per heavy atom. The van der Waals surface area contributed by atoms with Crippen molar-refractivity contribution in [2.75, 3.05) is 0 Å². The highest BCUT2D eigenvalue weighted by Crippen LogP contribution is 2.22. The third-order valence-corrected chi connectivity index (χ3v) is 2.71. The van der Waals surface area contributed by atoms with Crippen LogP contribution >= 0.6 is 11.6 Å². The van der Waals surface area contributed by atoms with Crippen LogP contribution in [0.5, 0.6) is 0 Å². The summed E-state index contributed by atoms with van der Waals surface area (Å²) >= 11 is 5.81. The smallest absolute Gasteiger partial charge is 0.144 e. The highest BCUT2D eigenvalue weighted by atomic mass is 35.5. The van der Waals surface area contributed by atoms with Crippen LogP contribution in [0.4, 0.5) is 4.39 Å². The lowest BCUT2D eigenvalue weighted by molar-refractivity contribution is 0.609. The van der Waals surface area contributed by atoms with Crippen molar-refractivity contribution in [3.63, 3.8) is 0 Å². The van der Waals surface area contributed by atoms with Crippen LogP contribution < -0.4 is 5.73 Å². The van der Waals surface area contributed by atoms with Crippen LogP contribution in [0, 0.1) is 5.82 Å². The molecule has 0 heterocycles. The number of hydrogen-bond acceptors (Lipinski definition) is 1. The van der Waals surface area contributed by atoms with E-state index in [1.165, 1.54) is 0 Å². The van der Waals surface area contributed by atoms with Gasteiger partial charge in [0.1, 0.15) is 5.82 Å². The van der Waals surface area contributed by atoms with Gasteiger partial charge < -0.3 is 5.73 Å². The number of hydrogen-bond donors (Lipinski definition) is 1. The topological polar surface area (TPSA) is 26.0 Å². The molecule has 1 aromatic rings. The first-order valence-corrected chi connectivity index (χ1v) is 5.64. The molecule has 0 aliphatic heterocycles. The number of benzene rings is 1. The van der Waals surface area contributed by atoms with E-state index in [0.717, 1.165) is 18.4 Å². The first-order chi connectivity index (χ1) is 7.04. The average molecular weight is 230 g/mol. The molecule has 1 rings (SSSR count). The van der Waals surface area contributed by atoms with Gasteiger partial charge in [0.15, 0.2) is 0 Å². The van der Waals surface area contributed by atoms with E-state index in [9.17, 15) is 4.39 Å². The van der Waals surface area contributed by atoms with E-state index in [1.807, 2.05) is 19.9 Å². The summed E-state index contributed by atoms with van der Waals surface area (Å²) in [6.45, 7) is 3.88. The van der Waals surface area contributed by atoms with Gasteiger partial charge in [-0.3, -0.25) is 0 Å². The molecular weight excluding hydrogens is 213 g/mol. The second-order valence-electron chi connectivity index (χ2n) is 3.92. The van der Waals surface area contributed by atoms with E-state index in [0.29, 0.717) is 12.0 Å². The summed E-state index contributed by atoms with van der Waals surface area (Å²) in [6, 6.07) is 3.74. The van der Waals surface area contributed by atoms with Crippen molar-refractivity contribution in [3.8, 4) is 0 Å². The van der Waals surface area contributed by atoms with Gasteiger partial charge in [-0.1, -0.05) is 24.6 Å². The Bertz CT molecular complexity index is 337. The summed E-state index contributed by atoms with van der Waals surface area (Å²) in [5.41, 5.74) is 7.42. The minimum absolute atomic E-state index is 0.166. The van der Waals surface area contributed by atoms with Crippen molar-refractivity contribution >= 4 is 11.6 Å². The van der Waals surface area contributed by atoms with Gasteiger partial charge in [0.2, 0.25) is 0 Å². The molecule has 0 spiro atoms. The summed E-state index contributed by atoms with van der Waals surface area (Å²) in [7, 11) is 0. The largest absolute Gasteiger partial charge is 0.328 e. The quantitative estimate of drug-likeness (QED) is 0.842. The second-order valence-corrected chi connectivity index (χ2v) is 4.33. The molecule has 0 unspecified atom stereocenters. The van der Waals surface area contributed by atoms with Crippen LogP contribution in [0.1, 0.15) is 31.4 Å². The number of rotatable bonds is 4. The molecule has 0 aliphatic rings. The molecule has 0 bridgehead atoms. The van der Waals surface area contributed by atoms with Crippen LogP contribution in [0.3, 0.4) is 0 Å². The molecule has 2 N–H and O–H groups in total. The van der Waals surface area contributed by atoms with Crippen LogP contribution in [0.25, 0.3) is 0 Å². The van der Waals surface area contributed by atoms with Crippen molar-refractivity contribution in [2.45, 2.75) is 39.2 Å². The van der Waals surface area contributed by atoms with Gasteiger partial charge in [0, 0.05) is 6.04 Å². The number of halogens is 2. The molecule has 0 amide bonds. The van der Waals surface area contributed by atoms with Gasteiger partial charge in [-0.2, -0.15) is 0 Å². The van der Waals surface area contributed by atoms with E-state index in [1.54, 1.807) is 6.07 Å². The van der Waals surface area contributed by atoms with Crippen LogP contribution in [0.15, 0.2) is 12.1 Å². The van der Waals surface area contributed by atoms with Gasteiger partial charge in [0.25, 0.3) is 0 Å².